The lowest BCUT2D eigenvalue weighted by Crippen LogP contribution is -2.78. The standard InChI is InChI=1S/C18H12F24O4/c19-7(20)8(21,22)9(23,24)10(25,26)11(27,28)12(29,30)13(31,32)14(33,34)15(35,36)16(37,38)17(39,40)18(41,42)46-2-5(43)1-44-3-6-4-45-6/h5-7,43H,1-4H2. The number of hydrogen-bond acceptors (Lipinski definition) is 4. The summed E-state index contributed by atoms with van der Waals surface area (Å²) in [5, 5.41) is 9.20. The van der Waals surface area contributed by atoms with E-state index < -0.39 is 104 Å². The minimum atomic E-state index is -9.54. The zero-order valence-corrected chi connectivity index (χ0v) is 20.8. The van der Waals surface area contributed by atoms with E-state index in [9.17, 15) is 110 Å². The number of halogens is 24. The first kappa shape index (κ1) is 42.2. The van der Waals surface area contributed by atoms with E-state index in [0.29, 0.717) is 0 Å². The van der Waals surface area contributed by atoms with Gasteiger partial charge in [-0.2, -0.15) is 96.6 Å². The van der Waals surface area contributed by atoms with E-state index in [0.717, 1.165) is 0 Å². The third-order valence-corrected chi connectivity index (χ3v) is 5.69. The summed E-state index contributed by atoms with van der Waals surface area (Å²) < 4.78 is 334. The van der Waals surface area contributed by atoms with Crippen molar-refractivity contribution in [2.75, 3.05) is 26.4 Å². The monoisotopic (exact) mass is 748 g/mol. The van der Waals surface area contributed by atoms with E-state index in [-0.39, 0.29) is 6.61 Å². The molecule has 0 amide bonds. The summed E-state index contributed by atoms with van der Waals surface area (Å²) in [4.78, 5) is 0. The van der Waals surface area contributed by atoms with E-state index >= 15 is 0 Å². The van der Waals surface area contributed by atoms with Crippen LogP contribution in [0.2, 0.25) is 0 Å². The molecule has 2 atom stereocenters. The van der Waals surface area contributed by atoms with Crippen molar-refractivity contribution in [3.63, 3.8) is 0 Å². The van der Waals surface area contributed by atoms with Crippen LogP contribution in [0, 0.1) is 0 Å². The van der Waals surface area contributed by atoms with Gasteiger partial charge in [0.15, 0.2) is 0 Å². The van der Waals surface area contributed by atoms with Crippen LogP contribution in [0.4, 0.5) is 105 Å². The van der Waals surface area contributed by atoms with Crippen molar-refractivity contribution in [2.24, 2.45) is 0 Å². The van der Waals surface area contributed by atoms with Crippen LogP contribution in [0.25, 0.3) is 0 Å². The van der Waals surface area contributed by atoms with Gasteiger partial charge in [-0.25, -0.2) is 8.78 Å². The second-order valence-electron chi connectivity index (χ2n) is 9.07. The fourth-order valence-corrected chi connectivity index (χ4v) is 2.75. The molecule has 28 heteroatoms. The SMILES string of the molecule is OC(COCC1CO1)COC(F)(F)C(F)(F)C(F)(F)C(F)(F)C(F)(F)C(F)(F)C(F)(F)C(F)(F)C(F)(F)C(F)(F)C(F)(F)C(F)F. The van der Waals surface area contributed by atoms with Gasteiger partial charge in [-0.1, -0.05) is 0 Å². The van der Waals surface area contributed by atoms with Gasteiger partial charge in [0, 0.05) is 0 Å². The van der Waals surface area contributed by atoms with Crippen LogP contribution in [0.15, 0.2) is 0 Å². The molecule has 0 aliphatic carbocycles. The lowest BCUT2D eigenvalue weighted by molar-refractivity contribution is -0.486. The molecule has 2 unspecified atom stereocenters. The largest absolute Gasteiger partial charge is 0.426 e. The number of aliphatic hydroxyl groups is 1. The zero-order chi connectivity index (χ0) is 37.2. The molecular formula is C18H12F24O4. The minimum absolute atomic E-state index is 0.0526. The normalized spacial score (nSPS) is 19.6. The Morgan fingerprint density at radius 3 is 1.13 bits per heavy atom. The van der Waals surface area contributed by atoms with Gasteiger partial charge in [0.2, 0.25) is 0 Å². The first-order chi connectivity index (χ1) is 19.9. The molecule has 0 saturated carbocycles. The summed E-state index contributed by atoms with van der Waals surface area (Å²) in [6, 6.07) is 0. The molecule has 0 radical (unpaired) electrons. The van der Waals surface area contributed by atoms with E-state index in [1.54, 1.807) is 0 Å². The highest BCUT2D eigenvalue weighted by Gasteiger charge is 2.99. The van der Waals surface area contributed by atoms with Crippen LogP contribution in [-0.4, -0.2) is 116 Å². The molecule has 0 aromatic heterocycles. The lowest BCUT2D eigenvalue weighted by Gasteiger charge is -2.45. The number of aliphatic hydroxyl groups excluding tert-OH is 1. The number of epoxide rings is 1. The van der Waals surface area contributed by atoms with Crippen molar-refractivity contribution >= 4 is 0 Å². The highest BCUT2D eigenvalue weighted by atomic mass is 19.4. The van der Waals surface area contributed by atoms with Gasteiger partial charge in [0.25, 0.3) is 0 Å². The first-order valence-corrected chi connectivity index (χ1v) is 10.9. The Kier molecular flexibility index (Phi) is 10.9. The Hall–Kier alpha value is -1.84. The van der Waals surface area contributed by atoms with Gasteiger partial charge in [-0.3, -0.25) is 0 Å². The molecule has 0 bridgehead atoms. The van der Waals surface area contributed by atoms with Gasteiger partial charge in [0.1, 0.15) is 12.2 Å². The summed E-state index contributed by atoms with van der Waals surface area (Å²) in [6.07, 6.45) is -16.9. The average molecular weight is 748 g/mol. The second kappa shape index (κ2) is 11.9. The highest BCUT2D eigenvalue weighted by Crippen LogP contribution is 2.67. The second-order valence-corrected chi connectivity index (χ2v) is 9.07. The predicted octanol–water partition coefficient (Wildman–Crippen LogP) is 6.99. The number of rotatable bonds is 18. The minimum Gasteiger partial charge on any atom is -0.388 e. The van der Waals surface area contributed by atoms with Crippen molar-refractivity contribution in [2.45, 2.75) is 84.0 Å². The maximum atomic E-state index is 13.8. The van der Waals surface area contributed by atoms with Crippen molar-refractivity contribution in [3.05, 3.63) is 0 Å². The van der Waals surface area contributed by atoms with Gasteiger partial charge in [-0.15, -0.1) is 0 Å². The molecule has 1 rings (SSSR count). The van der Waals surface area contributed by atoms with Crippen LogP contribution in [-0.2, 0) is 14.2 Å². The molecule has 1 heterocycles. The fraction of sp³-hybridized carbons (Fsp3) is 1.00. The lowest BCUT2D eigenvalue weighted by atomic mass is 9.85. The van der Waals surface area contributed by atoms with Crippen LogP contribution < -0.4 is 0 Å². The summed E-state index contributed by atoms with van der Waals surface area (Å²) >= 11 is 0. The summed E-state index contributed by atoms with van der Waals surface area (Å²) in [6.45, 7) is -4.01. The molecule has 0 aromatic carbocycles. The molecule has 1 fully saturated rings. The maximum Gasteiger partial charge on any atom is 0.426 e. The summed E-state index contributed by atoms with van der Waals surface area (Å²) in [5.74, 6) is -90.3. The van der Waals surface area contributed by atoms with Gasteiger partial charge >= 0.3 is 71.8 Å². The number of ether oxygens (including phenoxy) is 3. The van der Waals surface area contributed by atoms with Crippen LogP contribution >= 0.6 is 0 Å². The molecule has 46 heavy (non-hydrogen) atoms. The average Bonchev–Trinajstić information content (AvgIpc) is 3.70. The predicted molar refractivity (Wildman–Crippen MR) is 92.9 cm³/mol. The van der Waals surface area contributed by atoms with E-state index in [4.69, 9.17) is 0 Å². The van der Waals surface area contributed by atoms with Crippen LogP contribution in [0.1, 0.15) is 0 Å². The molecular weight excluding hydrogens is 736 g/mol. The molecule has 1 saturated heterocycles. The first-order valence-electron chi connectivity index (χ1n) is 10.9. The number of alkyl halides is 24. The van der Waals surface area contributed by atoms with E-state index in [2.05, 4.69) is 14.2 Å². The fourth-order valence-electron chi connectivity index (χ4n) is 2.75. The Balaban J connectivity index is 3.55. The highest BCUT2D eigenvalue weighted by molar-refractivity contribution is 5.19. The molecule has 4 nitrogen and oxygen atoms in total. The van der Waals surface area contributed by atoms with Crippen LogP contribution in [0.3, 0.4) is 0 Å². The quantitative estimate of drug-likeness (QED) is 0.121. The van der Waals surface area contributed by atoms with E-state index in [1.807, 2.05) is 0 Å². The van der Waals surface area contributed by atoms with Gasteiger partial charge in [-0.05, 0) is 0 Å². The third-order valence-electron chi connectivity index (χ3n) is 5.69. The van der Waals surface area contributed by atoms with Gasteiger partial charge < -0.3 is 19.3 Å². The Labute approximate surface area is 236 Å². The van der Waals surface area contributed by atoms with Crippen molar-refractivity contribution in [3.8, 4) is 0 Å². The third kappa shape index (κ3) is 5.99. The number of hydrogen-bond donors (Lipinski definition) is 1. The summed E-state index contributed by atoms with van der Waals surface area (Å²) in [5.41, 5.74) is 0. The van der Waals surface area contributed by atoms with Crippen molar-refractivity contribution < 1.29 is 125 Å². The Morgan fingerprint density at radius 1 is 0.522 bits per heavy atom. The molecule has 276 valence electrons. The molecule has 1 aliphatic rings. The molecule has 1 aliphatic heterocycles. The van der Waals surface area contributed by atoms with Gasteiger partial charge in [0.05, 0.1) is 26.4 Å². The van der Waals surface area contributed by atoms with Crippen molar-refractivity contribution in [1.82, 2.24) is 0 Å². The Morgan fingerprint density at radius 2 is 0.826 bits per heavy atom. The Bertz CT molecular complexity index is 1050. The summed E-state index contributed by atoms with van der Waals surface area (Å²) in [7, 11) is 0. The maximum absolute atomic E-state index is 13.8. The van der Waals surface area contributed by atoms with E-state index in [1.165, 1.54) is 0 Å². The molecule has 1 N–H and O–H groups in total. The zero-order valence-electron chi connectivity index (χ0n) is 20.8. The topological polar surface area (TPSA) is 51.2 Å². The molecule has 0 aromatic rings. The van der Waals surface area contributed by atoms with Crippen molar-refractivity contribution in [1.29, 1.82) is 0 Å². The smallest absolute Gasteiger partial charge is 0.388 e. The van der Waals surface area contributed by atoms with Crippen LogP contribution in [0.5, 0.6) is 0 Å². The molecule has 0 spiro atoms.